The number of carboxylic acid groups (broad SMARTS) is 1. The number of primary amides is 1. The molecule has 104 valence electrons. The molecule has 0 aromatic heterocycles. The molecule has 1 amide bonds. The van der Waals surface area contributed by atoms with Crippen molar-refractivity contribution in [2.24, 2.45) is 5.73 Å². The smallest absolute Gasteiger partial charge is 0.322 e. The minimum absolute atomic E-state index is 0.00199. The van der Waals surface area contributed by atoms with Gasteiger partial charge in [-0.05, 0) is 6.92 Å². The van der Waals surface area contributed by atoms with Gasteiger partial charge in [-0.25, -0.2) is 8.42 Å². The van der Waals surface area contributed by atoms with E-state index < -0.39 is 46.1 Å². The number of amides is 1. The molecule has 0 rings (SSSR count). The summed E-state index contributed by atoms with van der Waals surface area (Å²) in [5.74, 6) is -4.60. The SMILES string of the molecule is CCOC(=O)CS(=O)(=O)N[C@@H](CC(N)=O)C(=O)O. The van der Waals surface area contributed by atoms with Crippen molar-refractivity contribution in [1.29, 1.82) is 0 Å². The van der Waals surface area contributed by atoms with E-state index in [1.54, 1.807) is 4.72 Å². The molecule has 0 unspecified atom stereocenters. The molecule has 0 radical (unpaired) electrons. The predicted molar refractivity (Wildman–Crippen MR) is 58.8 cm³/mol. The number of nitrogens with two attached hydrogens (primary N) is 1. The van der Waals surface area contributed by atoms with Gasteiger partial charge in [-0.3, -0.25) is 14.4 Å². The van der Waals surface area contributed by atoms with Crippen molar-refractivity contribution in [2.75, 3.05) is 12.4 Å². The summed E-state index contributed by atoms with van der Waals surface area (Å²) in [5.41, 5.74) is 4.77. The fourth-order valence-electron chi connectivity index (χ4n) is 0.997. The number of esters is 1. The highest BCUT2D eigenvalue weighted by Crippen LogP contribution is 1.97. The summed E-state index contributed by atoms with van der Waals surface area (Å²) in [6, 6.07) is -1.71. The molecule has 0 bridgehead atoms. The molecule has 1 atom stereocenters. The van der Waals surface area contributed by atoms with Gasteiger partial charge in [0, 0.05) is 0 Å². The number of carboxylic acids is 1. The van der Waals surface area contributed by atoms with Gasteiger partial charge in [-0.2, -0.15) is 4.72 Å². The molecule has 18 heavy (non-hydrogen) atoms. The third-order valence-electron chi connectivity index (χ3n) is 1.64. The zero-order valence-electron chi connectivity index (χ0n) is 9.58. The molecule has 0 aromatic rings. The molecule has 0 fully saturated rings. The van der Waals surface area contributed by atoms with Gasteiger partial charge in [0.1, 0.15) is 6.04 Å². The van der Waals surface area contributed by atoms with E-state index in [-0.39, 0.29) is 6.61 Å². The molecule has 0 spiro atoms. The van der Waals surface area contributed by atoms with Gasteiger partial charge in [-0.1, -0.05) is 0 Å². The Labute approximate surface area is 103 Å². The van der Waals surface area contributed by atoms with Crippen molar-refractivity contribution in [3.63, 3.8) is 0 Å². The first-order valence-electron chi connectivity index (χ1n) is 4.84. The summed E-state index contributed by atoms with van der Waals surface area (Å²) in [6.07, 6.45) is -0.711. The van der Waals surface area contributed by atoms with E-state index in [0.29, 0.717) is 0 Å². The molecule has 9 nitrogen and oxygen atoms in total. The third kappa shape index (κ3) is 6.81. The number of nitrogens with one attached hydrogen (secondary N) is 1. The Bertz CT molecular complexity index is 431. The number of carbonyl (C=O) groups excluding carboxylic acids is 2. The fraction of sp³-hybridized carbons (Fsp3) is 0.625. The summed E-state index contributed by atoms with van der Waals surface area (Å²) in [7, 11) is -4.21. The summed E-state index contributed by atoms with van der Waals surface area (Å²) in [6.45, 7) is 1.49. The largest absolute Gasteiger partial charge is 0.480 e. The van der Waals surface area contributed by atoms with Crippen LogP contribution in [0.2, 0.25) is 0 Å². The number of sulfonamides is 1. The fourth-order valence-corrected chi connectivity index (χ4v) is 2.09. The molecule has 0 aliphatic carbocycles. The lowest BCUT2D eigenvalue weighted by atomic mass is 10.2. The van der Waals surface area contributed by atoms with Gasteiger partial charge in [0.15, 0.2) is 5.75 Å². The molecule has 10 heteroatoms. The summed E-state index contributed by atoms with van der Waals surface area (Å²) >= 11 is 0. The number of rotatable bonds is 8. The van der Waals surface area contributed by atoms with Crippen LogP contribution in [0.25, 0.3) is 0 Å². The van der Waals surface area contributed by atoms with Gasteiger partial charge in [0.05, 0.1) is 13.0 Å². The van der Waals surface area contributed by atoms with Gasteiger partial charge in [0.2, 0.25) is 15.9 Å². The highest BCUT2D eigenvalue weighted by molar-refractivity contribution is 7.90. The minimum atomic E-state index is -4.21. The van der Waals surface area contributed by atoms with Gasteiger partial charge in [-0.15, -0.1) is 0 Å². The lowest BCUT2D eigenvalue weighted by Crippen LogP contribution is -2.45. The van der Waals surface area contributed by atoms with Crippen molar-refractivity contribution in [1.82, 2.24) is 4.72 Å². The Morgan fingerprint density at radius 3 is 2.33 bits per heavy atom. The molecule has 0 saturated carbocycles. The standard InChI is InChI=1S/C8H14N2O7S/c1-2-17-7(12)4-18(15,16)10-5(8(13)14)3-6(9)11/h5,10H,2-4H2,1H3,(H2,9,11)(H,13,14)/t5-/m0/s1. The van der Waals surface area contributed by atoms with E-state index in [1.807, 2.05) is 0 Å². The minimum Gasteiger partial charge on any atom is -0.480 e. The average Bonchev–Trinajstić information content (AvgIpc) is 2.14. The molecule has 0 aliphatic rings. The van der Waals surface area contributed by atoms with Crippen molar-refractivity contribution in [2.45, 2.75) is 19.4 Å². The monoisotopic (exact) mass is 282 g/mol. The molecule has 0 saturated heterocycles. The van der Waals surface area contributed by atoms with E-state index in [1.165, 1.54) is 6.92 Å². The lowest BCUT2D eigenvalue weighted by molar-refractivity contribution is -0.141. The van der Waals surface area contributed by atoms with Crippen LogP contribution in [0.5, 0.6) is 0 Å². The highest BCUT2D eigenvalue weighted by Gasteiger charge is 2.27. The van der Waals surface area contributed by atoms with Crippen LogP contribution >= 0.6 is 0 Å². The second-order valence-corrected chi connectivity index (χ2v) is 5.00. The Hall–Kier alpha value is -1.68. The van der Waals surface area contributed by atoms with Crippen LogP contribution in [-0.2, 0) is 29.1 Å². The highest BCUT2D eigenvalue weighted by atomic mass is 32.2. The maximum absolute atomic E-state index is 11.4. The third-order valence-corrected chi connectivity index (χ3v) is 2.90. The van der Waals surface area contributed by atoms with Crippen molar-refractivity contribution >= 4 is 27.9 Å². The van der Waals surface area contributed by atoms with Gasteiger partial charge in [0.25, 0.3) is 0 Å². The van der Waals surface area contributed by atoms with Crippen molar-refractivity contribution < 1.29 is 32.6 Å². The first-order valence-corrected chi connectivity index (χ1v) is 6.50. The number of ether oxygens (including phenoxy) is 1. The molecular formula is C8H14N2O7S. The number of hydrogen-bond donors (Lipinski definition) is 3. The summed E-state index contributed by atoms with van der Waals surface area (Å²) < 4.78 is 28.9. The summed E-state index contributed by atoms with van der Waals surface area (Å²) in [4.78, 5) is 32.2. The zero-order chi connectivity index (χ0) is 14.3. The van der Waals surface area contributed by atoms with Gasteiger partial charge < -0.3 is 15.6 Å². The topological polar surface area (TPSA) is 153 Å². The molecule has 0 heterocycles. The predicted octanol–water partition coefficient (Wildman–Crippen LogP) is -2.20. The van der Waals surface area contributed by atoms with E-state index in [0.717, 1.165) is 0 Å². The quantitative estimate of drug-likeness (QED) is 0.427. The second-order valence-electron chi connectivity index (χ2n) is 3.24. The summed E-state index contributed by atoms with van der Waals surface area (Å²) in [5, 5.41) is 8.67. The van der Waals surface area contributed by atoms with E-state index in [9.17, 15) is 22.8 Å². The van der Waals surface area contributed by atoms with Crippen LogP contribution in [0.1, 0.15) is 13.3 Å². The van der Waals surface area contributed by atoms with Crippen LogP contribution in [-0.4, -0.2) is 49.8 Å². The Morgan fingerprint density at radius 1 is 1.39 bits per heavy atom. The zero-order valence-corrected chi connectivity index (χ0v) is 10.4. The molecule has 4 N–H and O–H groups in total. The number of aliphatic carboxylic acids is 1. The van der Waals surface area contributed by atoms with E-state index in [2.05, 4.69) is 4.74 Å². The number of carbonyl (C=O) groups is 3. The van der Waals surface area contributed by atoms with Crippen LogP contribution in [0.3, 0.4) is 0 Å². The first kappa shape index (κ1) is 16.3. The van der Waals surface area contributed by atoms with E-state index >= 15 is 0 Å². The van der Waals surface area contributed by atoms with Crippen LogP contribution in [0.15, 0.2) is 0 Å². The Balaban J connectivity index is 4.66. The molecule has 0 aliphatic heterocycles. The Morgan fingerprint density at radius 2 is 1.94 bits per heavy atom. The van der Waals surface area contributed by atoms with Crippen molar-refractivity contribution in [3.05, 3.63) is 0 Å². The maximum atomic E-state index is 11.4. The van der Waals surface area contributed by atoms with Crippen molar-refractivity contribution in [3.8, 4) is 0 Å². The average molecular weight is 282 g/mol. The first-order chi connectivity index (χ1) is 8.18. The molecule has 0 aromatic carbocycles. The Kier molecular flexibility index (Phi) is 6.27. The second kappa shape index (κ2) is 6.91. The van der Waals surface area contributed by atoms with Gasteiger partial charge >= 0.3 is 11.9 Å². The lowest BCUT2D eigenvalue weighted by Gasteiger charge is -2.12. The van der Waals surface area contributed by atoms with Crippen LogP contribution in [0.4, 0.5) is 0 Å². The molecular weight excluding hydrogens is 268 g/mol. The van der Waals surface area contributed by atoms with Crippen LogP contribution < -0.4 is 10.5 Å². The number of hydrogen-bond acceptors (Lipinski definition) is 6. The van der Waals surface area contributed by atoms with Crippen LogP contribution in [0, 0.1) is 0 Å². The normalized spacial score (nSPS) is 12.7. The maximum Gasteiger partial charge on any atom is 0.322 e. The van der Waals surface area contributed by atoms with E-state index in [4.69, 9.17) is 10.8 Å².